The van der Waals surface area contributed by atoms with E-state index in [0.29, 0.717) is 5.69 Å². The lowest BCUT2D eigenvalue weighted by Crippen LogP contribution is -2.27. The van der Waals surface area contributed by atoms with Gasteiger partial charge in [-0.05, 0) is 27.7 Å². The van der Waals surface area contributed by atoms with Crippen molar-refractivity contribution in [2.45, 2.75) is 39.8 Å². The van der Waals surface area contributed by atoms with E-state index in [1.54, 1.807) is 20.8 Å². The van der Waals surface area contributed by atoms with Crippen molar-refractivity contribution >= 4 is 11.7 Å². The van der Waals surface area contributed by atoms with Gasteiger partial charge < -0.3 is 4.74 Å². The Morgan fingerprint density at radius 1 is 1.59 bits per heavy atom. The van der Waals surface area contributed by atoms with Gasteiger partial charge in [0.15, 0.2) is 0 Å². The van der Waals surface area contributed by atoms with Gasteiger partial charge in [0.25, 0.3) is 0 Å². The summed E-state index contributed by atoms with van der Waals surface area (Å²) in [5.74, 6) is -0.474. The smallest absolute Gasteiger partial charge is 0.328 e. The molecule has 0 aliphatic carbocycles. The molecule has 0 aromatic carbocycles. The van der Waals surface area contributed by atoms with Gasteiger partial charge in [-0.15, -0.1) is 0 Å². The predicted molar refractivity (Wildman–Crippen MR) is 59.5 cm³/mol. The molecule has 7 nitrogen and oxygen atoms in total. The van der Waals surface area contributed by atoms with Crippen molar-refractivity contribution in [2.75, 3.05) is 0 Å². The van der Waals surface area contributed by atoms with Crippen LogP contribution in [-0.2, 0) is 16.1 Å². The molecule has 0 atom stereocenters. The van der Waals surface area contributed by atoms with E-state index in [2.05, 4.69) is 5.10 Å². The molecule has 0 unspecified atom stereocenters. The fraction of sp³-hybridized carbons (Fsp3) is 0.600. The highest BCUT2D eigenvalue weighted by atomic mass is 16.6. The number of hydrogen-bond acceptors (Lipinski definition) is 5. The summed E-state index contributed by atoms with van der Waals surface area (Å²) in [5, 5.41) is 14.4. The van der Waals surface area contributed by atoms with E-state index in [0.717, 1.165) is 6.20 Å². The molecule has 0 radical (unpaired) electrons. The first-order valence-corrected chi connectivity index (χ1v) is 5.09. The molecule has 0 aliphatic rings. The van der Waals surface area contributed by atoms with Crippen LogP contribution in [0.1, 0.15) is 26.5 Å². The summed E-state index contributed by atoms with van der Waals surface area (Å²) in [4.78, 5) is 21.6. The van der Waals surface area contributed by atoms with E-state index in [4.69, 9.17) is 4.74 Å². The van der Waals surface area contributed by atoms with Crippen LogP contribution in [0.15, 0.2) is 6.20 Å². The van der Waals surface area contributed by atoms with E-state index in [1.807, 2.05) is 0 Å². The minimum absolute atomic E-state index is 0.103. The zero-order valence-corrected chi connectivity index (χ0v) is 10.3. The number of carbonyl (C=O) groups is 1. The maximum atomic E-state index is 11.5. The van der Waals surface area contributed by atoms with E-state index >= 15 is 0 Å². The third-order valence-corrected chi connectivity index (χ3v) is 1.97. The van der Waals surface area contributed by atoms with Gasteiger partial charge in [0, 0.05) is 0 Å². The fourth-order valence-electron chi connectivity index (χ4n) is 1.27. The first kappa shape index (κ1) is 13.1. The highest BCUT2D eigenvalue weighted by Crippen LogP contribution is 2.16. The number of nitrogens with zero attached hydrogens (tertiary/aromatic N) is 3. The van der Waals surface area contributed by atoms with Crippen LogP contribution in [0.5, 0.6) is 0 Å². The molecule has 0 N–H and O–H groups in total. The zero-order valence-electron chi connectivity index (χ0n) is 10.3. The molecule has 7 heteroatoms. The highest BCUT2D eigenvalue weighted by Gasteiger charge is 2.21. The molecule has 94 valence electrons. The Balaban J connectivity index is 2.76. The van der Waals surface area contributed by atoms with Crippen LogP contribution >= 0.6 is 0 Å². The van der Waals surface area contributed by atoms with Crippen molar-refractivity contribution in [2.24, 2.45) is 0 Å². The quantitative estimate of drug-likeness (QED) is 0.454. The maximum absolute atomic E-state index is 11.5. The van der Waals surface area contributed by atoms with Gasteiger partial charge in [0.05, 0.1) is 4.92 Å². The first-order valence-electron chi connectivity index (χ1n) is 5.09. The Bertz CT molecular complexity index is 445. The molecular weight excluding hydrogens is 226 g/mol. The molecular formula is C10H15N3O4. The number of aromatic nitrogens is 2. The van der Waals surface area contributed by atoms with Crippen LogP contribution in [0.3, 0.4) is 0 Å². The standard InChI is InChI=1S/C10H15N3O4/c1-7-8(13(15)16)5-11-12(7)6-9(14)17-10(2,3)4/h5H,6H2,1-4H3. The average molecular weight is 241 g/mol. The average Bonchev–Trinajstić information content (AvgIpc) is 2.44. The molecule has 0 saturated carbocycles. The molecule has 0 bridgehead atoms. The Morgan fingerprint density at radius 3 is 2.59 bits per heavy atom. The predicted octanol–water partition coefficient (Wildman–Crippen LogP) is 1.44. The summed E-state index contributed by atoms with van der Waals surface area (Å²) >= 11 is 0. The van der Waals surface area contributed by atoms with Crippen molar-refractivity contribution in [3.8, 4) is 0 Å². The Morgan fingerprint density at radius 2 is 2.18 bits per heavy atom. The molecule has 0 aliphatic heterocycles. The van der Waals surface area contributed by atoms with Crippen LogP contribution in [-0.4, -0.2) is 26.3 Å². The lowest BCUT2D eigenvalue weighted by molar-refractivity contribution is -0.385. The van der Waals surface area contributed by atoms with Crippen molar-refractivity contribution in [1.29, 1.82) is 0 Å². The number of nitro groups is 1. The SMILES string of the molecule is Cc1c([N+](=O)[O-])cnn1CC(=O)OC(C)(C)C. The van der Waals surface area contributed by atoms with Gasteiger partial charge in [0.1, 0.15) is 24.0 Å². The highest BCUT2D eigenvalue weighted by molar-refractivity contribution is 5.69. The van der Waals surface area contributed by atoms with Gasteiger partial charge in [-0.3, -0.25) is 19.6 Å². The largest absolute Gasteiger partial charge is 0.459 e. The normalized spacial score (nSPS) is 11.3. The molecule has 1 aromatic heterocycles. The number of ether oxygens (including phenoxy) is 1. The lowest BCUT2D eigenvalue weighted by Gasteiger charge is -2.19. The lowest BCUT2D eigenvalue weighted by atomic mass is 10.2. The molecule has 0 amide bonds. The van der Waals surface area contributed by atoms with Crippen LogP contribution in [0.25, 0.3) is 0 Å². The van der Waals surface area contributed by atoms with E-state index in [1.165, 1.54) is 11.6 Å². The number of esters is 1. The van der Waals surface area contributed by atoms with Gasteiger partial charge in [-0.1, -0.05) is 0 Å². The monoisotopic (exact) mass is 241 g/mol. The summed E-state index contributed by atoms with van der Waals surface area (Å²) in [5.41, 5.74) is -0.348. The van der Waals surface area contributed by atoms with Crippen molar-refractivity contribution < 1.29 is 14.5 Å². The van der Waals surface area contributed by atoms with Crippen LogP contribution in [0.4, 0.5) is 5.69 Å². The van der Waals surface area contributed by atoms with Crippen molar-refractivity contribution in [1.82, 2.24) is 9.78 Å². The Hall–Kier alpha value is -1.92. The number of carbonyl (C=O) groups excluding carboxylic acids is 1. The summed E-state index contributed by atoms with van der Waals surface area (Å²) < 4.78 is 6.35. The van der Waals surface area contributed by atoms with Crippen LogP contribution in [0.2, 0.25) is 0 Å². The molecule has 1 aromatic rings. The summed E-state index contributed by atoms with van der Waals surface area (Å²) in [6, 6.07) is 0. The van der Waals surface area contributed by atoms with Crippen molar-refractivity contribution in [3.63, 3.8) is 0 Å². The molecule has 0 fully saturated rings. The maximum Gasteiger partial charge on any atom is 0.328 e. The second-order valence-corrected chi connectivity index (χ2v) is 4.62. The third-order valence-electron chi connectivity index (χ3n) is 1.97. The molecule has 1 rings (SSSR count). The summed E-state index contributed by atoms with van der Waals surface area (Å²) in [6.07, 6.45) is 1.12. The van der Waals surface area contributed by atoms with Crippen LogP contribution in [0, 0.1) is 17.0 Å². The van der Waals surface area contributed by atoms with Crippen LogP contribution < -0.4 is 0 Å². The summed E-state index contributed by atoms with van der Waals surface area (Å²) in [6.45, 7) is 6.67. The topological polar surface area (TPSA) is 87.3 Å². The van der Waals surface area contributed by atoms with Gasteiger partial charge >= 0.3 is 11.7 Å². The van der Waals surface area contributed by atoms with Crippen molar-refractivity contribution in [3.05, 3.63) is 22.0 Å². The minimum Gasteiger partial charge on any atom is -0.459 e. The second kappa shape index (κ2) is 4.52. The van der Waals surface area contributed by atoms with Gasteiger partial charge in [-0.2, -0.15) is 5.10 Å². The number of rotatable bonds is 3. The molecule has 1 heterocycles. The second-order valence-electron chi connectivity index (χ2n) is 4.62. The van der Waals surface area contributed by atoms with Gasteiger partial charge in [-0.25, -0.2) is 0 Å². The van der Waals surface area contributed by atoms with E-state index in [9.17, 15) is 14.9 Å². The minimum atomic E-state index is -0.579. The molecule has 17 heavy (non-hydrogen) atoms. The molecule has 0 saturated heterocycles. The molecule has 0 spiro atoms. The Kier molecular flexibility index (Phi) is 3.50. The number of hydrogen-bond donors (Lipinski definition) is 0. The van der Waals surface area contributed by atoms with E-state index in [-0.39, 0.29) is 12.2 Å². The first-order chi connectivity index (χ1) is 7.70. The Labute approximate surface area is 98.5 Å². The van der Waals surface area contributed by atoms with E-state index < -0.39 is 16.5 Å². The summed E-state index contributed by atoms with van der Waals surface area (Å²) in [7, 11) is 0. The zero-order chi connectivity index (χ0) is 13.2. The third kappa shape index (κ3) is 3.54. The fourth-order valence-corrected chi connectivity index (χ4v) is 1.27. The van der Waals surface area contributed by atoms with Gasteiger partial charge in [0.2, 0.25) is 0 Å².